The normalized spacial score (nSPS) is 17.0. The monoisotopic (exact) mass is 762 g/mol. The molecular weight excluding hydrogens is 727 g/mol. The van der Waals surface area contributed by atoms with Crippen LogP contribution in [0.4, 0.5) is 0 Å². The number of rotatable bonds is 11. The molecule has 8 rings (SSSR count). The number of fused-ring (bicyclic) bond motifs is 2. The van der Waals surface area contributed by atoms with E-state index in [1.807, 2.05) is 60.7 Å². The number of benzene rings is 2. The van der Waals surface area contributed by atoms with Gasteiger partial charge in [0.15, 0.2) is 0 Å². The summed E-state index contributed by atoms with van der Waals surface area (Å²) in [6.07, 6.45) is 9.19. The van der Waals surface area contributed by atoms with E-state index in [-0.39, 0.29) is 35.0 Å². The van der Waals surface area contributed by atoms with E-state index in [1.54, 1.807) is 24.8 Å². The Kier molecular flexibility index (Phi) is 9.99. The van der Waals surface area contributed by atoms with E-state index in [1.165, 1.54) is 8.80 Å². The van der Waals surface area contributed by atoms with Crippen LogP contribution in [0, 0.1) is 0 Å². The zero-order chi connectivity index (χ0) is 37.3. The molecule has 54 heavy (non-hydrogen) atoms. The predicted molar refractivity (Wildman–Crippen MR) is 209 cm³/mol. The van der Waals surface area contributed by atoms with Crippen LogP contribution in [0.2, 0.25) is 10.0 Å². The van der Waals surface area contributed by atoms with Gasteiger partial charge in [-0.15, -0.1) is 0 Å². The molecule has 14 heteroatoms. The molecule has 4 aromatic heterocycles. The van der Waals surface area contributed by atoms with E-state index in [2.05, 4.69) is 31.2 Å². The van der Waals surface area contributed by atoms with Gasteiger partial charge in [0.05, 0.1) is 10.0 Å². The number of carbonyl (C=O) groups is 2. The summed E-state index contributed by atoms with van der Waals surface area (Å²) in [5, 5.41) is 13.3. The van der Waals surface area contributed by atoms with Gasteiger partial charge in [0.2, 0.25) is 11.8 Å². The summed E-state index contributed by atoms with van der Waals surface area (Å²) in [5.74, 6) is 0.110. The average Bonchev–Trinajstić information content (AvgIpc) is 3.80. The first-order chi connectivity index (χ1) is 26.2. The average molecular weight is 764 g/mol. The van der Waals surface area contributed by atoms with Crippen LogP contribution < -0.4 is 32.4 Å². The molecule has 2 aromatic carbocycles. The van der Waals surface area contributed by atoms with Crippen LogP contribution in [0.3, 0.4) is 0 Å². The van der Waals surface area contributed by atoms with Crippen LogP contribution in [0.5, 0.6) is 0 Å². The van der Waals surface area contributed by atoms with E-state index >= 15 is 0 Å². The molecule has 0 radical (unpaired) electrons. The maximum Gasteiger partial charge on any atom is 0.262 e. The largest absolute Gasteiger partial charge is 0.352 e. The smallest absolute Gasteiger partial charge is 0.262 e. The third-order valence-corrected chi connectivity index (χ3v) is 10.9. The van der Waals surface area contributed by atoms with Crippen molar-refractivity contribution in [1.82, 2.24) is 40.0 Å². The molecule has 2 aliphatic heterocycles. The number of hydrogen-bond acceptors (Lipinski definition) is 8. The highest BCUT2D eigenvalue weighted by Gasteiger charge is 2.22. The third-order valence-electron chi connectivity index (χ3n) is 10.1. The van der Waals surface area contributed by atoms with Crippen molar-refractivity contribution in [2.24, 2.45) is 0 Å². The molecule has 274 valence electrons. The second-order valence-corrected chi connectivity index (χ2v) is 14.4. The fourth-order valence-electron chi connectivity index (χ4n) is 7.15. The van der Waals surface area contributed by atoms with Crippen molar-refractivity contribution in [2.75, 3.05) is 13.1 Å². The molecule has 12 nitrogen and oxygen atoms in total. The number of aromatic nitrogens is 4. The zero-order valence-electron chi connectivity index (χ0n) is 29.1. The fraction of sp³-hybridized carbons (Fsp3) is 0.250. The van der Waals surface area contributed by atoms with Gasteiger partial charge in [0.25, 0.3) is 11.1 Å². The zero-order valence-corrected chi connectivity index (χ0v) is 30.6. The summed E-state index contributed by atoms with van der Waals surface area (Å²) in [5.41, 5.74) is 6.23. The molecule has 6 aromatic rings. The summed E-state index contributed by atoms with van der Waals surface area (Å²) >= 11 is 14.2. The summed E-state index contributed by atoms with van der Waals surface area (Å²) in [4.78, 5) is 58.7. The number of carbonyl (C=O) groups excluding carboxylic acids is 2. The fourth-order valence-corrected chi connectivity index (χ4v) is 7.83. The van der Waals surface area contributed by atoms with Crippen molar-refractivity contribution in [3.8, 4) is 33.4 Å². The van der Waals surface area contributed by atoms with Crippen molar-refractivity contribution < 1.29 is 9.59 Å². The Morgan fingerprint density at radius 3 is 1.46 bits per heavy atom. The lowest BCUT2D eigenvalue weighted by Gasteiger charge is -2.15. The Bertz CT molecular complexity index is 2390. The number of pyridine rings is 2. The number of halogens is 2. The van der Waals surface area contributed by atoms with Gasteiger partial charge < -0.3 is 21.3 Å². The number of nitrogens with one attached hydrogen (secondary N) is 4. The molecule has 6 heterocycles. The predicted octanol–water partition coefficient (Wildman–Crippen LogP) is 4.75. The highest BCUT2D eigenvalue weighted by Crippen LogP contribution is 2.42. The second kappa shape index (κ2) is 15.2. The summed E-state index contributed by atoms with van der Waals surface area (Å²) in [6, 6.07) is 18.9. The minimum Gasteiger partial charge on any atom is -0.352 e. The Morgan fingerprint density at radius 1 is 0.630 bits per heavy atom. The quantitative estimate of drug-likeness (QED) is 0.148. The Morgan fingerprint density at radius 2 is 1.06 bits per heavy atom. The van der Waals surface area contributed by atoms with Crippen LogP contribution in [-0.2, 0) is 22.7 Å². The number of nitrogens with zero attached hydrogens (tertiary/aromatic N) is 4. The minimum absolute atomic E-state index is 0.0552. The molecule has 0 aliphatic carbocycles. The van der Waals surface area contributed by atoms with Crippen molar-refractivity contribution in [2.45, 2.75) is 50.9 Å². The van der Waals surface area contributed by atoms with Crippen LogP contribution in [0.25, 0.3) is 44.7 Å². The number of amides is 2. The third kappa shape index (κ3) is 7.13. The lowest BCUT2D eigenvalue weighted by Crippen LogP contribution is -2.36. The van der Waals surface area contributed by atoms with E-state index in [0.29, 0.717) is 71.5 Å². The van der Waals surface area contributed by atoms with Crippen molar-refractivity contribution >= 4 is 46.3 Å². The van der Waals surface area contributed by atoms with Gasteiger partial charge in [0.1, 0.15) is 11.3 Å². The molecule has 0 unspecified atom stereocenters. The first kappa shape index (κ1) is 35.6. The van der Waals surface area contributed by atoms with Gasteiger partial charge in [-0.2, -0.15) is 0 Å². The molecule has 4 N–H and O–H groups in total. The second-order valence-electron chi connectivity index (χ2n) is 13.7. The first-order valence-corrected chi connectivity index (χ1v) is 18.6. The van der Waals surface area contributed by atoms with Crippen molar-refractivity contribution in [1.29, 1.82) is 0 Å². The summed E-state index contributed by atoms with van der Waals surface area (Å²) in [6.45, 7) is 1.85. The van der Waals surface area contributed by atoms with Gasteiger partial charge in [0, 0.05) is 109 Å². The van der Waals surface area contributed by atoms with E-state index in [4.69, 9.17) is 23.2 Å². The van der Waals surface area contributed by atoms with Gasteiger partial charge >= 0.3 is 0 Å². The standard InChI is InChI=1S/C40H36Cl2N8O4/c41-37-29(23-11-13-49-33(15-23)45-19-25(39(49)53)17-43-21-27-7-9-35(51)47-27)3-1-5-31(37)32-6-2-4-30(38(32)42)24-12-14-50-34(16-24)46-20-26(40(50)54)18-44-22-28-8-10-36(52)48-28/h1-6,11-16,19-20,27-28,43-44H,7-10,17-18,21-22H2,(H,47,51)(H,48,52)/t27-,28-/m0/s1. The van der Waals surface area contributed by atoms with Crippen molar-refractivity contribution in [3.05, 3.63) is 127 Å². The molecule has 0 saturated carbocycles. The SMILES string of the molecule is O=C1CC[C@@H](CNCc2cnc3cc(-c4cccc(-c5cccc(-c6ccn7c(=O)c(CNC[C@@H]8CCC(=O)N8)cnc7c6)c5Cl)c4Cl)ccn3c2=O)N1. The molecular formula is C40H36Cl2N8O4. The minimum atomic E-state index is -0.170. The van der Waals surface area contributed by atoms with Crippen LogP contribution in [0.15, 0.2) is 95.0 Å². The van der Waals surface area contributed by atoms with Gasteiger partial charge in [-0.25, -0.2) is 9.97 Å². The highest BCUT2D eigenvalue weighted by molar-refractivity contribution is 6.39. The Balaban J connectivity index is 1.02. The first-order valence-electron chi connectivity index (χ1n) is 17.8. The van der Waals surface area contributed by atoms with E-state index in [0.717, 1.165) is 46.2 Å². The van der Waals surface area contributed by atoms with Crippen LogP contribution in [0.1, 0.15) is 36.8 Å². The maximum atomic E-state index is 13.3. The molecule has 2 saturated heterocycles. The molecule has 0 bridgehead atoms. The lowest BCUT2D eigenvalue weighted by molar-refractivity contribution is -0.120. The topological polar surface area (TPSA) is 151 Å². The molecule has 2 atom stereocenters. The van der Waals surface area contributed by atoms with E-state index < -0.39 is 0 Å². The molecule has 0 spiro atoms. The molecule has 2 amide bonds. The summed E-state index contributed by atoms with van der Waals surface area (Å²) in [7, 11) is 0. The Labute approximate surface area is 319 Å². The molecule has 2 fully saturated rings. The van der Waals surface area contributed by atoms with E-state index in [9.17, 15) is 19.2 Å². The Hall–Kier alpha value is -5.40. The maximum absolute atomic E-state index is 13.3. The number of hydrogen-bond donors (Lipinski definition) is 4. The van der Waals surface area contributed by atoms with Crippen molar-refractivity contribution in [3.63, 3.8) is 0 Å². The van der Waals surface area contributed by atoms with Gasteiger partial charge in [-0.3, -0.25) is 28.0 Å². The van der Waals surface area contributed by atoms with Gasteiger partial charge in [-0.1, -0.05) is 59.6 Å². The summed E-state index contributed by atoms with van der Waals surface area (Å²) < 4.78 is 3.03. The molecule has 2 aliphatic rings. The van der Waals surface area contributed by atoms with Gasteiger partial charge in [-0.05, 0) is 48.2 Å². The highest BCUT2D eigenvalue weighted by atomic mass is 35.5. The van der Waals surface area contributed by atoms with Crippen LogP contribution in [-0.4, -0.2) is 55.8 Å². The van der Waals surface area contributed by atoms with Crippen LogP contribution >= 0.6 is 23.2 Å². The lowest BCUT2D eigenvalue weighted by atomic mass is 9.96.